The normalized spacial score (nSPS) is 23.5. The molecule has 0 aromatic heterocycles. The summed E-state index contributed by atoms with van der Waals surface area (Å²) in [5.74, 6) is 0.324. The van der Waals surface area contributed by atoms with E-state index >= 15 is 0 Å². The Morgan fingerprint density at radius 2 is 1.95 bits per heavy atom. The van der Waals surface area contributed by atoms with E-state index in [1.807, 2.05) is 12.1 Å². The van der Waals surface area contributed by atoms with E-state index in [0.717, 1.165) is 19.3 Å². The number of phenolic OH excluding ortho intramolecular Hbond substituents is 1. The van der Waals surface area contributed by atoms with Gasteiger partial charge in [0.1, 0.15) is 5.75 Å². The summed E-state index contributed by atoms with van der Waals surface area (Å²) in [7, 11) is 0. The van der Waals surface area contributed by atoms with Gasteiger partial charge in [0.25, 0.3) is 0 Å². The molecule has 0 fully saturated rings. The average molecular weight is 314 g/mol. The molecule has 2 atom stereocenters. The lowest BCUT2D eigenvalue weighted by Crippen LogP contribution is -2.57. The van der Waals surface area contributed by atoms with Gasteiger partial charge in [-0.1, -0.05) is 19.9 Å². The smallest absolute Gasteiger partial charge is 0.115 e. The number of aromatic hydroxyl groups is 1. The van der Waals surface area contributed by atoms with Crippen molar-refractivity contribution in [3.8, 4) is 5.75 Å². The fourth-order valence-electron chi connectivity index (χ4n) is 3.67. The zero-order valence-electron chi connectivity index (χ0n) is 13.4. The first-order chi connectivity index (χ1) is 9.44. The maximum absolute atomic E-state index is 9.84. The van der Waals surface area contributed by atoms with Crippen molar-refractivity contribution in [3.63, 3.8) is 0 Å². The van der Waals surface area contributed by atoms with Crippen LogP contribution >= 0.6 is 12.4 Å². The zero-order chi connectivity index (χ0) is 14.9. The third kappa shape index (κ3) is 3.20. The Morgan fingerprint density at radius 1 is 1.33 bits per heavy atom. The van der Waals surface area contributed by atoms with E-state index in [0.29, 0.717) is 5.75 Å². The second-order valence-electron chi connectivity index (χ2n) is 6.16. The second-order valence-corrected chi connectivity index (χ2v) is 6.16. The lowest BCUT2D eigenvalue weighted by molar-refractivity contribution is -0.0299. The third-order valence-electron chi connectivity index (χ3n) is 4.80. The fraction of sp³-hybridized carbons (Fsp3) is 0.647. The molecule has 1 aromatic rings. The quantitative estimate of drug-likeness (QED) is 0.893. The van der Waals surface area contributed by atoms with Gasteiger partial charge in [-0.2, -0.15) is 0 Å². The van der Waals surface area contributed by atoms with Crippen molar-refractivity contribution in [2.45, 2.75) is 70.6 Å². The molecule has 120 valence electrons. The Morgan fingerprint density at radius 3 is 2.48 bits per heavy atom. The molecule has 3 nitrogen and oxygen atoms in total. The Labute approximate surface area is 134 Å². The van der Waals surface area contributed by atoms with Crippen LogP contribution in [0.15, 0.2) is 18.2 Å². The monoisotopic (exact) mass is 313 g/mol. The molecule has 3 N–H and O–H groups in total. The van der Waals surface area contributed by atoms with Crippen LogP contribution in [0.4, 0.5) is 0 Å². The van der Waals surface area contributed by atoms with Crippen LogP contribution in [0.5, 0.6) is 5.75 Å². The van der Waals surface area contributed by atoms with Crippen LogP contribution < -0.4 is 5.73 Å². The number of ether oxygens (including phenoxy) is 1. The molecule has 0 radical (unpaired) electrons. The minimum atomic E-state index is -0.105. The van der Waals surface area contributed by atoms with Crippen molar-refractivity contribution in [3.05, 3.63) is 29.3 Å². The van der Waals surface area contributed by atoms with E-state index in [9.17, 15) is 5.11 Å². The number of phenols is 1. The number of fused-ring (bicyclic) bond motifs is 1. The molecular formula is C17H28ClNO2. The van der Waals surface area contributed by atoms with Gasteiger partial charge in [-0.25, -0.2) is 0 Å². The Balaban J connectivity index is 0.00000220. The number of rotatable bonds is 4. The summed E-state index contributed by atoms with van der Waals surface area (Å²) >= 11 is 0. The zero-order valence-corrected chi connectivity index (χ0v) is 14.2. The van der Waals surface area contributed by atoms with Gasteiger partial charge in [0, 0.05) is 17.9 Å². The summed E-state index contributed by atoms with van der Waals surface area (Å²) < 4.78 is 6.06. The van der Waals surface area contributed by atoms with Crippen molar-refractivity contribution in [1.29, 1.82) is 0 Å². The highest BCUT2D eigenvalue weighted by molar-refractivity contribution is 5.85. The second kappa shape index (κ2) is 6.99. The standard InChI is InChI=1S/C17H27NO2.ClH/c1-5-17(6-2)14-10-13(19)8-7-12(14)9-15(16(17)18)20-11(3)4;/h7-8,10-11,15-16,19H,5-6,9,18H2,1-4H3;1H/t15-,16+;/m0./s1. The molecule has 0 saturated heterocycles. The molecule has 0 unspecified atom stereocenters. The highest BCUT2D eigenvalue weighted by Crippen LogP contribution is 2.44. The van der Waals surface area contributed by atoms with E-state index in [-0.39, 0.29) is 36.1 Å². The molecule has 0 heterocycles. The molecule has 0 amide bonds. The fourth-order valence-corrected chi connectivity index (χ4v) is 3.67. The Kier molecular flexibility index (Phi) is 6.09. The minimum absolute atomic E-state index is 0. The number of nitrogens with two attached hydrogens (primary N) is 1. The number of hydrogen-bond acceptors (Lipinski definition) is 3. The largest absolute Gasteiger partial charge is 0.508 e. The van der Waals surface area contributed by atoms with Crippen LogP contribution in [0.2, 0.25) is 0 Å². The van der Waals surface area contributed by atoms with Crippen molar-refractivity contribution < 1.29 is 9.84 Å². The summed E-state index contributed by atoms with van der Waals surface area (Å²) in [6, 6.07) is 5.65. The predicted octanol–water partition coefficient (Wildman–Crippen LogP) is 3.55. The third-order valence-corrected chi connectivity index (χ3v) is 4.80. The van der Waals surface area contributed by atoms with E-state index in [1.165, 1.54) is 11.1 Å². The average Bonchev–Trinajstić information content (AvgIpc) is 2.41. The first-order valence-electron chi connectivity index (χ1n) is 7.68. The van der Waals surface area contributed by atoms with Gasteiger partial charge in [-0.3, -0.25) is 0 Å². The van der Waals surface area contributed by atoms with Crippen LogP contribution in [0.1, 0.15) is 51.7 Å². The van der Waals surface area contributed by atoms with Gasteiger partial charge in [0.15, 0.2) is 0 Å². The van der Waals surface area contributed by atoms with Gasteiger partial charge < -0.3 is 15.6 Å². The van der Waals surface area contributed by atoms with Gasteiger partial charge in [0.05, 0.1) is 12.2 Å². The molecule has 0 aliphatic heterocycles. The molecule has 0 bridgehead atoms. The van der Waals surface area contributed by atoms with E-state index in [4.69, 9.17) is 10.5 Å². The Bertz CT molecular complexity index is 472. The molecule has 21 heavy (non-hydrogen) atoms. The van der Waals surface area contributed by atoms with Gasteiger partial charge in [0.2, 0.25) is 0 Å². The first kappa shape index (κ1) is 18.3. The number of hydrogen-bond donors (Lipinski definition) is 2. The van der Waals surface area contributed by atoms with Crippen molar-refractivity contribution >= 4 is 12.4 Å². The minimum Gasteiger partial charge on any atom is -0.508 e. The summed E-state index contributed by atoms with van der Waals surface area (Å²) in [6.07, 6.45) is 2.97. The molecule has 0 saturated carbocycles. The Hall–Kier alpha value is -0.770. The van der Waals surface area contributed by atoms with Crippen LogP contribution in [-0.4, -0.2) is 23.4 Å². The van der Waals surface area contributed by atoms with Crippen LogP contribution in [0.3, 0.4) is 0 Å². The van der Waals surface area contributed by atoms with Crippen molar-refractivity contribution in [1.82, 2.24) is 0 Å². The number of benzene rings is 1. The summed E-state index contributed by atoms with van der Waals surface area (Å²) in [4.78, 5) is 0. The molecule has 1 aromatic carbocycles. The summed E-state index contributed by atoms with van der Waals surface area (Å²) in [5.41, 5.74) is 8.95. The summed E-state index contributed by atoms with van der Waals surface area (Å²) in [5, 5.41) is 9.84. The van der Waals surface area contributed by atoms with Gasteiger partial charge >= 0.3 is 0 Å². The molecule has 4 heteroatoms. The van der Waals surface area contributed by atoms with E-state index in [2.05, 4.69) is 27.7 Å². The van der Waals surface area contributed by atoms with E-state index in [1.54, 1.807) is 6.07 Å². The molecule has 1 aliphatic carbocycles. The van der Waals surface area contributed by atoms with E-state index < -0.39 is 0 Å². The van der Waals surface area contributed by atoms with Crippen LogP contribution in [0, 0.1) is 0 Å². The lowest BCUT2D eigenvalue weighted by Gasteiger charge is -2.47. The lowest BCUT2D eigenvalue weighted by atomic mass is 9.63. The topological polar surface area (TPSA) is 55.5 Å². The van der Waals surface area contributed by atoms with Gasteiger partial charge in [-0.05, 0) is 49.9 Å². The van der Waals surface area contributed by atoms with Crippen molar-refractivity contribution in [2.24, 2.45) is 5.73 Å². The SMILES string of the molecule is CCC1(CC)c2cc(O)ccc2C[C@H](OC(C)C)[C@H]1N.Cl. The maximum Gasteiger partial charge on any atom is 0.115 e. The van der Waals surface area contributed by atoms with Crippen molar-refractivity contribution in [2.75, 3.05) is 0 Å². The molecule has 2 rings (SSSR count). The highest BCUT2D eigenvalue weighted by atomic mass is 35.5. The highest BCUT2D eigenvalue weighted by Gasteiger charge is 2.45. The van der Waals surface area contributed by atoms with Crippen LogP contribution in [0.25, 0.3) is 0 Å². The van der Waals surface area contributed by atoms with Crippen LogP contribution in [-0.2, 0) is 16.6 Å². The maximum atomic E-state index is 9.84. The predicted molar refractivity (Wildman–Crippen MR) is 89.3 cm³/mol. The molecule has 1 aliphatic rings. The first-order valence-corrected chi connectivity index (χ1v) is 7.68. The molecule has 0 spiro atoms. The number of halogens is 1. The summed E-state index contributed by atoms with van der Waals surface area (Å²) in [6.45, 7) is 8.46. The molecular weight excluding hydrogens is 286 g/mol. The van der Waals surface area contributed by atoms with Gasteiger partial charge in [-0.15, -0.1) is 12.4 Å².